The fourth-order valence-corrected chi connectivity index (χ4v) is 6.18. The molecule has 1 saturated carbocycles. The highest BCUT2D eigenvalue weighted by atomic mass is 35.5. The maximum Gasteiger partial charge on any atom is 0.252 e. The summed E-state index contributed by atoms with van der Waals surface area (Å²) in [5, 5.41) is 12.1. The third-order valence-electron chi connectivity index (χ3n) is 8.20. The van der Waals surface area contributed by atoms with E-state index in [2.05, 4.69) is 15.3 Å². The molecular weight excluding hydrogens is 633 g/mol. The van der Waals surface area contributed by atoms with Crippen LogP contribution >= 0.6 is 11.6 Å². The molecule has 47 heavy (non-hydrogen) atoms. The number of benzene rings is 2. The Morgan fingerprint density at radius 2 is 1.87 bits per heavy atom. The van der Waals surface area contributed by atoms with Gasteiger partial charge in [0.05, 0.1) is 11.6 Å². The third-order valence-corrected chi connectivity index (χ3v) is 8.55. The first-order valence-electron chi connectivity index (χ1n) is 14.7. The zero-order valence-electron chi connectivity index (χ0n) is 24.6. The number of nitrogens with zero attached hydrogens (tertiary/aromatic N) is 5. The van der Waals surface area contributed by atoms with E-state index < -0.39 is 60.4 Å². The molecule has 1 aliphatic carbocycles. The predicted octanol–water partition coefficient (Wildman–Crippen LogP) is 5.99. The average molecular weight is 659 g/mol. The van der Waals surface area contributed by atoms with Crippen LogP contribution in [0.3, 0.4) is 0 Å². The molecule has 238 valence electrons. The van der Waals surface area contributed by atoms with E-state index in [-0.39, 0.29) is 46.1 Å². The van der Waals surface area contributed by atoms with Crippen molar-refractivity contribution in [2.45, 2.75) is 49.7 Å². The zero-order valence-corrected chi connectivity index (χ0v) is 25.4. The van der Waals surface area contributed by atoms with Gasteiger partial charge in [-0.25, -0.2) is 18.2 Å². The number of nitrogens with one attached hydrogen (secondary N) is 1. The first-order valence-corrected chi connectivity index (χ1v) is 15.1. The first-order chi connectivity index (χ1) is 22.6. The van der Waals surface area contributed by atoms with Crippen LogP contribution in [0.15, 0.2) is 85.3 Å². The molecule has 9 nitrogen and oxygen atoms in total. The minimum Gasteiger partial charge on any atom is -0.351 e. The summed E-state index contributed by atoms with van der Waals surface area (Å²) in [6, 6.07) is 14.7. The van der Waals surface area contributed by atoms with Crippen LogP contribution in [-0.4, -0.2) is 45.7 Å². The van der Waals surface area contributed by atoms with Crippen molar-refractivity contribution in [3.8, 4) is 17.2 Å². The lowest BCUT2D eigenvalue weighted by Gasteiger charge is -2.39. The van der Waals surface area contributed by atoms with Crippen molar-refractivity contribution < 1.29 is 27.6 Å². The molecular formula is C34H26ClF3N6O3. The summed E-state index contributed by atoms with van der Waals surface area (Å²) in [5.41, 5.74) is 0.966. The van der Waals surface area contributed by atoms with Gasteiger partial charge in [-0.15, -0.1) is 0 Å². The van der Waals surface area contributed by atoms with Gasteiger partial charge < -0.3 is 5.32 Å². The van der Waals surface area contributed by atoms with Gasteiger partial charge in [-0.2, -0.15) is 5.26 Å². The van der Waals surface area contributed by atoms with Gasteiger partial charge in [-0.3, -0.25) is 29.2 Å². The van der Waals surface area contributed by atoms with Crippen LogP contribution in [-0.2, 0) is 14.4 Å². The lowest BCUT2D eigenvalue weighted by atomic mass is 9.87. The number of carbonyl (C=O) groups is 3. The van der Waals surface area contributed by atoms with E-state index in [1.165, 1.54) is 55.0 Å². The molecule has 13 heteroatoms. The second-order valence-electron chi connectivity index (χ2n) is 11.3. The van der Waals surface area contributed by atoms with E-state index in [0.29, 0.717) is 5.56 Å². The number of halogens is 4. The molecule has 2 fully saturated rings. The second-order valence-corrected chi connectivity index (χ2v) is 11.7. The highest BCUT2D eigenvalue weighted by Crippen LogP contribution is 2.40. The SMILES string of the molecule is N#Cc1ccnc(N2C(=O)CCC2C(=O)N(c2ccc(-c3cccnc3)c(F)c2)C(C(=O)NC2CC(F)(F)C2)c2ccccc2Cl)c1. The number of rotatable bonds is 8. The Morgan fingerprint density at radius 1 is 1.09 bits per heavy atom. The van der Waals surface area contributed by atoms with Crippen molar-refractivity contribution in [3.05, 3.63) is 107 Å². The number of amides is 3. The van der Waals surface area contributed by atoms with Crippen molar-refractivity contribution in [3.63, 3.8) is 0 Å². The van der Waals surface area contributed by atoms with Crippen molar-refractivity contribution >= 4 is 40.8 Å². The van der Waals surface area contributed by atoms with Crippen molar-refractivity contribution in [2.24, 2.45) is 0 Å². The summed E-state index contributed by atoms with van der Waals surface area (Å²) in [7, 11) is 0. The van der Waals surface area contributed by atoms with Crippen molar-refractivity contribution in [2.75, 3.05) is 9.80 Å². The molecule has 1 N–H and O–H groups in total. The van der Waals surface area contributed by atoms with Gasteiger partial charge in [0.1, 0.15) is 23.7 Å². The molecule has 1 aliphatic heterocycles. The summed E-state index contributed by atoms with van der Waals surface area (Å²) in [6.45, 7) is 0. The molecule has 4 aromatic rings. The van der Waals surface area contributed by atoms with Crippen LogP contribution in [0.25, 0.3) is 11.1 Å². The van der Waals surface area contributed by atoms with E-state index in [1.807, 2.05) is 6.07 Å². The molecule has 1 saturated heterocycles. The van der Waals surface area contributed by atoms with Crippen LogP contribution in [0.4, 0.5) is 24.7 Å². The molecule has 0 radical (unpaired) electrons. The number of aromatic nitrogens is 2. The summed E-state index contributed by atoms with van der Waals surface area (Å²) in [6.07, 6.45) is 3.16. The maximum absolute atomic E-state index is 15.8. The molecule has 6 rings (SSSR count). The van der Waals surface area contributed by atoms with Crippen LogP contribution in [0, 0.1) is 17.1 Å². The summed E-state index contributed by atoms with van der Waals surface area (Å²) in [5.74, 6) is -5.64. The number of hydrogen-bond acceptors (Lipinski definition) is 6. The molecule has 2 aliphatic rings. The predicted molar refractivity (Wildman–Crippen MR) is 167 cm³/mol. The van der Waals surface area contributed by atoms with Crippen LogP contribution in [0.2, 0.25) is 5.02 Å². The lowest BCUT2D eigenvalue weighted by molar-refractivity contribution is -0.133. The Labute approximate surface area is 272 Å². The molecule has 2 aromatic carbocycles. The Bertz CT molecular complexity index is 1900. The first kappa shape index (κ1) is 31.7. The quantitative estimate of drug-likeness (QED) is 0.248. The van der Waals surface area contributed by atoms with Crippen molar-refractivity contribution in [1.29, 1.82) is 5.26 Å². The van der Waals surface area contributed by atoms with Gasteiger partial charge in [-0.05, 0) is 48.9 Å². The molecule has 2 aromatic heterocycles. The summed E-state index contributed by atoms with van der Waals surface area (Å²) >= 11 is 6.58. The summed E-state index contributed by atoms with van der Waals surface area (Å²) in [4.78, 5) is 52.5. The fourth-order valence-electron chi connectivity index (χ4n) is 5.94. The van der Waals surface area contributed by atoms with E-state index in [9.17, 15) is 28.4 Å². The smallest absolute Gasteiger partial charge is 0.252 e. The highest BCUT2D eigenvalue weighted by Gasteiger charge is 2.48. The minimum absolute atomic E-state index is 0.0224. The topological polar surface area (TPSA) is 119 Å². The van der Waals surface area contributed by atoms with Crippen LogP contribution < -0.4 is 15.1 Å². The van der Waals surface area contributed by atoms with E-state index >= 15 is 4.39 Å². The van der Waals surface area contributed by atoms with Gasteiger partial charge in [0, 0.05) is 71.3 Å². The average Bonchev–Trinajstić information content (AvgIpc) is 3.44. The summed E-state index contributed by atoms with van der Waals surface area (Å²) < 4.78 is 43.4. The van der Waals surface area contributed by atoms with Gasteiger partial charge in [-0.1, -0.05) is 35.9 Å². The number of carbonyl (C=O) groups excluding carboxylic acids is 3. The maximum atomic E-state index is 15.8. The Balaban J connectivity index is 1.48. The monoisotopic (exact) mass is 658 g/mol. The number of alkyl halides is 2. The van der Waals surface area contributed by atoms with Gasteiger partial charge in [0.2, 0.25) is 11.8 Å². The Kier molecular flexibility index (Phi) is 8.66. The number of nitriles is 1. The molecule has 0 spiro atoms. The third kappa shape index (κ3) is 6.39. The largest absolute Gasteiger partial charge is 0.351 e. The highest BCUT2D eigenvalue weighted by molar-refractivity contribution is 6.31. The Hall–Kier alpha value is -5.28. The number of hydrogen-bond donors (Lipinski definition) is 1. The standard InChI is InChI=1S/C34H26ClF3N6O3/c35-26-6-2-1-5-25(26)31(32(46)42-22-16-34(37,38)17-22)43(23-7-8-24(27(36)15-23)21-4-3-12-40-19-21)33(47)28-9-10-30(45)44(28)29-14-20(18-39)11-13-41-29/h1-8,11-15,19,22,28,31H,9-10,16-17H2,(H,42,46). The number of pyridine rings is 2. The van der Waals surface area contributed by atoms with Gasteiger partial charge in [0.15, 0.2) is 0 Å². The molecule has 0 bridgehead atoms. The lowest BCUT2D eigenvalue weighted by Crippen LogP contribution is -2.56. The second kappa shape index (κ2) is 12.8. The van der Waals surface area contributed by atoms with Gasteiger partial charge >= 0.3 is 0 Å². The van der Waals surface area contributed by atoms with Crippen molar-refractivity contribution in [1.82, 2.24) is 15.3 Å². The molecule has 3 heterocycles. The zero-order chi connectivity index (χ0) is 33.3. The van der Waals surface area contributed by atoms with Gasteiger partial charge in [0.25, 0.3) is 11.8 Å². The van der Waals surface area contributed by atoms with E-state index in [1.54, 1.807) is 24.3 Å². The normalized spacial score (nSPS) is 17.8. The Morgan fingerprint density at radius 3 is 2.55 bits per heavy atom. The fraction of sp³-hybridized carbons (Fsp3) is 0.235. The molecule has 3 amide bonds. The van der Waals surface area contributed by atoms with Crippen LogP contribution in [0.5, 0.6) is 0 Å². The van der Waals surface area contributed by atoms with E-state index in [0.717, 1.165) is 15.9 Å². The number of anilines is 2. The molecule has 2 unspecified atom stereocenters. The minimum atomic E-state index is -2.94. The molecule has 2 atom stereocenters. The van der Waals surface area contributed by atoms with E-state index in [4.69, 9.17) is 11.6 Å². The van der Waals surface area contributed by atoms with Crippen LogP contribution in [0.1, 0.15) is 42.9 Å².